The standard InChI is InChI=1S/C20H21NO3/c1-13-8-10-16(11-9-13)20(23)24-15(3)19(22)21-14(2)12-17-6-4-5-7-18(17)21/h4-11,14-15H,12H2,1-3H3/t14-,15+/m1/s1. The van der Waals surface area contributed by atoms with Crippen LogP contribution in [0.15, 0.2) is 48.5 Å². The molecule has 0 aliphatic carbocycles. The molecule has 0 saturated carbocycles. The number of hydrogen-bond donors (Lipinski definition) is 0. The van der Waals surface area contributed by atoms with Crippen LogP contribution in [0.5, 0.6) is 0 Å². The van der Waals surface area contributed by atoms with Crippen molar-refractivity contribution in [2.75, 3.05) is 4.90 Å². The molecule has 1 aliphatic heterocycles. The molecular formula is C20H21NO3. The minimum Gasteiger partial charge on any atom is -0.449 e. The predicted molar refractivity (Wildman–Crippen MR) is 93.2 cm³/mol. The molecule has 0 radical (unpaired) electrons. The van der Waals surface area contributed by atoms with Crippen LogP contribution in [0.2, 0.25) is 0 Å². The van der Waals surface area contributed by atoms with Gasteiger partial charge in [-0.25, -0.2) is 4.79 Å². The van der Waals surface area contributed by atoms with E-state index in [1.165, 1.54) is 0 Å². The molecule has 2 aromatic carbocycles. The topological polar surface area (TPSA) is 46.6 Å². The van der Waals surface area contributed by atoms with Crippen LogP contribution in [0.3, 0.4) is 0 Å². The lowest BCUT2D eigenvalue weighted by atomic mass is 10.1. The number of anilines is 1. The molecule has 0 saturated heterocycles. The van der Waals surface area contributed by atoms with E-state index in [4.69, 9.17) is 4.74 Å². The summed E-state index contributed by atoms with van der Waals surface area (Å²) in [5.41, 5.74) is 3.58. The van der Waals surface area contributed by atoms with E-state index in [-0.39, 0.29) is 11.9 Å². The SMILES string of the molecule is Cc1ccc(C(=O)O[C@@H](C)C(=O)N2c3ccccc3C[C@H]2C)cc1. The number of benzene rings is 2. The van der Waals surface area contributed by atoms with E-state index < -0.39 is 12.1 Å². The number of carbonyl (C=O) groups excluding carboxylic acids is 2. The summed E-state index contributed by atoms with van der Waals surface area (Å²) in [5, 5.41) is 0. The average Bonchev–Trinajstić information content (AvgIpc) is 2.90. The number of esters is 1. The first-order valence-electron chi connectivity index (χ1n) is 8.16. The Morgan fingerprint density at radius 3 is 2.50 bits per heavy atom. The molecule has 4 nitrogen and oxygen atoms in total. The third-order valence-corrected chi connectivity index (χ3v) is 4.36. The molecule has 3 rings (SSSR count). The molecule has 1 heterocycles. The van der Waals surface area contributed by atoms with Gasteiger partial charge in [0.05, 0.1) is 5.56 Å². The van der Waals surface area contributed by atoms with Gasteiger partial charge >= 0.3 is 5.97 Å². The summed E-state index contributed by atoms with van der Waals surface area (Å²) in [6.07, 6.45) is -0.00649. The number of para-hydroxylation sites is 1. The molecule has 2 aromatic rings. The fraction of sp³-hybridized carbons (Fsp3) is 0.300. The highest BCUT2D eigenvalue weighted by atomic mass is 16.5. The van der Waals surface area contributed by atoms with Gasteiger partial charge in [0.25, 0.3) is 5.91 Å². The summed E-state index contributed by atoms with van der Waals surface area (Å²) in [6, 6.07) is 15.0. The van der Waals surface area contributed by atoms with Gasteiger partial charge in [0.15, 0.2) is 6.10 Å². The minimum absolute atomic E-state index is 0.0652. The van der Waals surface area contributed by atoms with Crippen LogP contribution >= 0.6 is 0 Å². The van der Waals surface area contributed by atoms with E-state index in [9.17, 15) is 9.59 Å². The summed E-state index contributed by atoms with van der Waals surface area (Å²) in [6.45, 7) is 5.59. The molecule has 1 amide bonds. The Morgan fingerprint density at radius 1 is 1.12 bits per heavy atom. The van der Waals surface area contributed by atoms with E-state index >= 15 is 0 Å². The summed E-state index contributed by atoms with van der Waals surface area (Å²) < 4.78 is 5.38. The van der Waals surface area contributed by atoms with Crippen molar-refractivity contribution in [3.63, 3.8) is 0 Å². The Labute approximate surface area is 142 Å². The van der Waals surface area contributed by atoms with E-state index in [1.807, 2.05) is 50.2 Å². The number of rotatable bonds is 3. The number of ether oxygens (including phenoxy) is 1. The molecule has 1 aliphatic rings. The maximum atomic E-state index is 12.8. The number of nitrogens with zero attached hydrogens (tertiary/aromatic N) is 1. The van der Waals surface area contributed by atoms with Crippen molar-refractivity contribution in [3.8, 4) is 0 Å². The first-order valence-corrected chi connectivity index (χ1v) is 8.16. The molecule has 0 unspecified atom stereocenters. The zero-order chi connectivity index (χ0) is 17.3. The third-order valence-electron chi connectivity index (χ3n) is 4.36. The predicted octanol–water partition coefficient (Wildman–Crippen LogP) is 3.52. The monoisotopic (exact) mass is 323 g/mol. The van der Waals surface area contributed by atoms with Crippen molar-refractivity contribution >= 4 is 17.6 Å². The molecule has 24 heavy (non-hydrogen) atoms. The molecule has 0 spiro atoms. The van der Waals surface area contributed by atoms with Crippen LogP contribution in [0, 0.1) is 6.92 Å². The Kier molecular flexibility index (Phi) is 4.38. The second kappa shape index (κ2) is 6.48. The first-order chi connectivity index (χ1) is 11.5. The quantitative estimate of drug-likeness (QED) is 0.812. The third kappa shape index (κ3) is 3.04. The van der Waals surface area contributed by atoms with Crippen molar-refractivity contribution in [2.24, 2.45) is 0 Å². The molecule has 0 N–H and O–H groups in total. The van der Waals surface area contributed by atoms with Gasteiger partial charge in [0.2, 0.25) is 0 Å². The second-order valence-electron chi connectivity index (χ2n) is 6.30. The molecule has 124 valence electrons. The summed E-state index contributed by atoms with van der Waals surface area (Å²) >= 11 is 0. The fourth-order valence-corrected chi connectivity index (χ4v) is 3.07. The van der Waals surface area contributed by atoms with E-state index in [0.29, 0.717) is 5.56 Å². The zero-order valence-corrected chi connectivity index (χ0v) is 14.2. The Hall–Kier alpha value is -2.62. The maximum absolute atomic E-state index is 12.8. The van der Waals surface area contributed by atoms with Gasteiger partial charge in [-0.3, -0.25) is 4.79 Å². The number of hydrogen-bond acceptors (Lipinski definition) is 3. The first kappa shape index (κ1) is 16.2. The minimum atomic E-state index is -0.826. The molecule has 4 heteroatoms. The van der Waals surface area contributed by atoms with Crippen molar-refractivity contribution in [3.05, 3.63) is 65.2 Å². The van der Waals surface area contributed by atoms with Gasteiger partial charge in [-0.15, -0.1) is 0 Å². The zero-order valence-electron chi connectivity index (χ0n) is 14.2. The molecule has 2 atom stereocenters. The van der Waals surface area contributed by atoms with Crippen LogP contribution in [0.25, 0.3) is 0 Å². The maximum Gasteiger partial charge on any atom is 0.338 e. The Bertz CT molecular complexity index is 767. The number of aryl methyl sites for hydroxylation is 1. The van der Waals surface area contributed by atoms with Crippen molar-refractivity contribution < 1.29 is 14.3 Å². The van der Waals surface area contributed by atoms with E-state index in [2.05, 4.69) is 0 Å². The fourth-order valence-electron chi connectivity index (χ4n) is 3.07. The Morgan fingerprint density at radius 2 is 1.79 bits per heavy atom. The second-order valence-corrected chi connectivity index (χ2v) is 6.30. The lowest BCUT2D eigenvalue weighted by Crippen LogP contribution is -2.43. The van der Waals surface area contributed by atoms with Crippen molar-refractivity contribution in [1.82, 2.24) is 0 Å². The highest BCUT2D eigenvalue weighted by molar-refractivity contribution is 6.00. The van der Waals surface area contributed by atoms with Gasteiger partial charge in [0.1, 0.15) is 0 Å². The normalized spacial score (nSPS) is 17.3. The van der Waals surface area contributed by atoms with E-state index in [0.717, 1.165) is 23.2 Å². The van der Waals surface area contributed by atoms with Gasteiger partial charge < -0.3 is 9.64 Å². The lowest BCUT2D eigenvalue weighted by Gasteiger charge is -2.25. The van der Waals surface area contributed by atoms with Gasteiger partial charge in [0, 0.05) is 11.7 Å². The molecule has 0 aromatic heterocycles. The van der Waals surface area contributed by atoms with Crippen LogP contribution in [0.4, 0.5) is 5.69 Å². The van der Waals surface area contributed by atoms with Crippen LogP contribution < -0.4 is 4.90 Å². The smallest absolute Gasteiger partial charge is 0.338 e. The molecule has 0 bridgehead atoms. The van der Waals surface area contributed by atoms with Gasteiger partial charge in [-0.05, 0) is 51.0 Å². The lowest BCUT2D eigenvalue weighted by molar-refractivity contribution is -0.126. The van der Waals surface area contributed by atoms with Crippen molar-refractivity contribution in [2.45, 2.75) is 39.3 Å². The number of amides is 1. The molecular weight excluding hydrogens is 302 g/mol. The highest BCUT2D eigenvalue weighted by Gasteiger charge is 2.34. The Balaban J connectivity index is 1.73. The molecule has 0 fully saturated rings. The largest absolute Gasteiger partial charge is 0.449 e. The van der Waals surface area contributed by atoms with E-state index in [1.54, 1.807) is 24.0 Å². The van der Waals surface area contributed by atoms with Gasteiger partial charge in [-0.1, -0.05) is 35.9 Å². The summed E-state index contributed by atoms with van der Waals surface area (Å²) in [4.78, 5) is 26.7. The van der Waals surface area contributed by atoms with Crippen molar-refractivity contribution in [1.29, 1.82) is 0 Å². The summed E-state index contributed by atoms with van der Waals surface area (Å²) in [5.74, 6) is -0.663. The average molecular weight is 323 g/mol. The van der Waals surface area contributed by atoms with Crippen LogP contribution in [-0.2, 0) is 16.0 Å². The summed E-state index contributed by atoms with van der Waals surface area (Å²) in [7, 11) is 0. The van der Waals surface area contributed by atoms with Crippen LogP contribution in [0.1, 0.15) is 35.3 Å². The number of carbonyl (C=O) groups is 2. The van der Waals surface area contributed by atoms with Gasteiger partial charge in [-0.2, -0.15) is 0 Å². The number of fused-ring (bicyclic) bond motifs is 1. The highest BCUT2D eigenvalue weighted by Crippen LogP contribution is 2.32. The van der Waals surface area contributed by atoms with Crippen LogP contribution in [-0.4, -0.2) is 24.0 Å².